The third-order valence-corrected chi connectivity index (χ3v) is 5.84. The fourth-order valence-electron chi connectivity index (χ4n) is 2.91. The molecule has 0 fully saturated rings. The molecule has 8 heteroatoms. The molecule has 0 bridgehead atoms. The third-order valence-electron chi connectivity index (χ3n) is 4.35. The number of thiophene rings is 1. The average molecular weight is 424 g/mol. The van der Waals surface area contributed by atoms with Gasteiger partial charge in [-0.3, -0.25) is 9.97 Å². The van der Waals surface area contributed by atoms with E-state index in [1.165, 1.54) is 12.5 Å². The van der Waals surface area contributed by atoms with E-state index in [1.54, 1.807) is 41.9 Å². The number of hydrogen-bond acceptors (Lipinski definition) is 7. The summed E-state index contributed by atoms with van der Waals surface area (Å²) >= 11 is 7.66. The molecular formula is C21H14ClN3O3S. The second-order valence-corrected chi connectivity index (χ2v) is 7.73. The van der Waals surface area contributed by atoms with Crippen molar-refractivity contribution < 1.29 is 14.2 Å². The minimum absolute atomic E-state index is 0.438. The zero-order valence-corrected chi connectivity index (χ0v) is 16.5. The highest BCUT2D eigenvalue weighted by Crippen LogP contribution is 2.39. The number of anilines is 1. The Balaban J connectivity index is 1.45. The normalized spacial score (nSPS) is 13.4. The first-order valence-electron chi connectivity index (χ1n) is 8.71. The lowest BCUT2D eigenvalue weighted by Crippen LogP contribution is -1.98. The highest BCUT2D eigenvalue weighted by Gasteiger charge is 2.17. The van der Waals surface area contributed by atoms with E-state index < -0.39 is 6.29 Å². The standard InChI is InChI=1S/C21H14ClN3O3S/c22-14-9-13(2-3-15(14)23)28-18-5-6-24-17-10-19(29-20(17)18)16-4-1-12(11-25-16)21-26-7-8-27-21/h1-11,21H,23H2. The van der Waals surface area contributed by atoms with Crippen LogP contribution in [0.25, 0.3) is 20.8 Å². The SMILES string of the molecule is Nc1ccc(Oc2ccnc3cc(-c4ccc(C5OC=CO5)cn4)sc23)cc1Cl. The molecule has 1 aliphatic heterocycles. The summed E-state index contributed by atoms with van der Waals surface area (Å²) in [5, 5.41) is 0.453. The minimum Gasteiger partial charge on any atom is -0.456 e. The van der Waals surface area contributed by atoms with Crippen LogP contribution in [0.2, 0.25) is 5.02 Å². The summed E-state index contributed by atoms with van der Waals surface area (Å²) in [6, 6.07) is 12.9. The van der Waals surface area contributed by atoms with Crippen molar-refractivity contribution in [3.05, 3.63) is 78.0 Å². The minimum atomic E-state index is -0.438. The topological polar surface area (TPSA) is 79.5 Å². The molecule has 5 rings (SSSR count). The van der Waals surface area contributed by atoms with Crippen LogP contribution < -0.4 is 10.5 Å². The molecule has 4 heterocycles. The van der Waals surface area contributed by atoms with Crippen molar-refractivity contribution in [2.24, 2.45) is 0 Å². The summed E-state index contributed by atoms with van der Waals surface area (Å²) in [5.74, 6) is 1.31. The number of nitrogen functional groups attached to an aromatic ring is 1. The van der Waals surface area contributed by atoms with Gasteiger partial charge in [0.05, 0.1) is 37.1 Å². The van der Waals surface area contributed by atoms with Crippen molar-refractivity contribution in [1.29, 1.82) is 0 Å². The van der Waals surface area contributed by atoms with Gasteiger partial charge in [0.2, 0.25) is 0 Å². The maximum atomic E-state index is 6.10. The van der Waals surface area contributed by atoms with E-state index in [4.69, 9.17) is 31.5 Å². The fourth-order valence-corrected chi connectivity index (χ4v) is 4.12. The van der Waals surface area contributed by atoms with Crippen LogP contribution >= 0.6 is 22.9 Å². The Morgan fingerprint density at radius 3 is 2.66 bits per heavy atom. The van der Waals surface area contributed by atoms with E-state index in [2.05, 4.69) is 9.97 Å². The number of benzene rings is 1. The van der Waals surface area contributed by atoms with Crippen molar-refractivity contribution >= 4 is 38.8 Å². The Labute approximate surface area is 175 Å². The maximum Gasteiger partial charge on any atom is 0.267 e. The summed E-state index contributed by atoms with van der Waals surface area (Å²) in [7, 11) is 0. The van der Waals surface area contributed by atoms with Gasteiger partial charge in [-0.15, -0.1) is 11.3 Å². The highest BCUT2D eigenvalue weighted by atomic mass is 35.5. The van der Waals surface area contributed by atoms with Crippen LogP contribution in [0.3, 0.4) is 0 Å². The van der Waals surface area contributed by atoms with Gasteiger partial charge in [-0.25, -0.2) is 0 Å². The summed E-state index contributed by atoms with van der Waals surface area (Å²) < 4.78 is 17.6. The second-order valence-electron chi connectivity index (χ2n) is 6.27. The van der Waals surface area contributed by atoms with E-state index in [9.17, 15) is 0 Å². The molecule has 0 spiro atoms. The summed E-state index contributed by atoms with van der Waals surface area (Å²) in [5.41, 5.74) is 8.80. The fraction of sp³-hybridized carbons (Fsp3) is 0.0476. The highest BCUT2D eigenvalue weighted by molar-refractivity contribution is 7.22. The van der Waals surface area contributed by atoms with Gasteiger partial charge in [-0.05, 0) is 30.3 Å². The Morgan fingerprint density at radius 2 is 1.90 bits per heavy atom. The van der Waals surface area contributed by atoms with E-state index in [0.717, 1.165) is 26.4 Å². The van der Waals surface area contributed by atoms with Crippen LogP contribution in [-0.4, -0.2) is 9.97 Å². The quantitative estimate of drug-likeness (QED) is 0.411. The molecule has 0 radical (unpaired) electrons. The van der Waals surface area contributed by atoms with Crippen molar-refractivity contribution in [2.45, 2.75) is 6.29 Å². The van der Waals surface area contributed by atoms with Crippen molar-refractivity contribution in [1.82, 2.24) is 9.97 Å². The van der Waals surface area contributed by atoms with Crippen molar-refractivity contribution in [3.63, 3.8) is 0 Å². The number of aromatic nitrogens is 2. The number of hydrogen-bond donors (Lipinski definition) is 1. The predicted octanol–water partition coefficient (Wildman–Crippen LogP) is 5.90. The van der Waals surface area contributed by atoms with Crippen LogP contribution in [-0.2, 0) is 9.47 Å². The zero-order valence-electron chi connectivity index (χ0n) is 14.9. The molecule has 0 atom stereocenters. The number of fused-ring (bicyclic) bond motifs is 1. The molecular weight excluding hydrogens is 410 g/mol. The molecule has 0 aliphatic carbocycles. The molecule has 0 amide bonds. The molecule has 0 unspecified atom stereocenters. The van der Waals surface area contributed by atoms with Crippen LogP contribution in [0.1, 0.15) is 11.9 Å². The van der Waals surface area contributed by atoms with Crippen LogP contribution in [0.5, 0.6) is 11.5 Å². The molecule has 3 aromatic heterocycles. The summed E-state index contributed by atoms with van der Waals surface area (Å²) in [6.07, 6.45) is 6.06. The second kappa shape index (κ2) is 7.27. The molecule has 0 saturated carbocycles. The van der Waals surface area contributed by atoms with Crippen LogP contribution in [0, 0.1) is 0 Å². The first kappa shape index (κ1) is 17.8. The maximum absolute atomic E-state index is 6.10. The Kier molecular flexibility index (Phi) is 4.46. The molecule has 144 valence electrons. The molecule has 1 aromatic carbocycles. The van der Waals surface area contributed by atoms with Gasteiger partial charge < -0.3 is 19.9 Å². The average Bonchev–Trinajstić information content (AvgIpc) is 3.41. The number of nitrogens with zero attached hydrogens (tertiary/aromatic N) is 2. The summed E-state index contributed by atoms with van der Waals surface area (Å²) in [6.45, 7) is 0. The number of halogens is 1. The van der Waals surface area contributed by atoms with E-state index in [1.807, 2.05) is 24.3 Å². The van der Waals surface area contributed by atoms with E-state index >= 15 is 0 Å². The van der Waals surface area contributed by atoms with Gasteiger partial charge in [0, 0.05) is 24.5 Å². The van der Waals surface area contributed by atoms with E-state index in [0.29, 0.717) is 22.2 Å². The van der Waals surface area contributed by atoms with Crippen LogP contribution in [0.15, 0.2) is 67.4 Å². The van der Waals surface area contributed by atoms with Gasteiger partial charge >= 0.3 is 0 Å². The zero-order chi connectivity index (χ0) is 19.8. The largest absolute Gasteiger partial charge is 0.456 e. The molecule has 1 aliphatic rings. The number of rotatable bonds is 4. The third kappa shape index (κ3) is 3.46. The lowest BCUT2D eigenvalue weighted by molar-refractivity contribution is -0.0248. The van der Waals surface area contributed by atoms with Gasteiger partial charge in [-0.1, -0.05) is 11.6 Å². The lowest BCUT2D eigenvalue weighted by Gasteiger charge is -2.09. The predicted molar refractivity (Wildman–Crippen MR) is 113 cm³/mol. The van der Waals surface area contributed by atoms with Crippen molar-refractivity contribution in [2.75, 3.05) is 5.73 Å². The first-order valence-corrected chi connectivity index (χ1v) is 9.90. The molecule has 6 nitrogen and oxygen atoms in total. The van der Waals surface area contributed by atoms with Crippen molar-refractivity contribution in [3.8, 4) is 22.1 Å². The Morgan fingerprint density at radius 1 is 1.03 bits per heavy atom. The number of pyridine rings is 2. The first-order chi connectivity index (χ1) is 14.2. The molecule has 29 heavy (non-hydrogen) atoms. The monoisotopic (exact) mass is 423 g/mol. The number of nitrogens with two attached hydrogens (primary N) is 1. The molecule has 4 aromatic rings. The van der Waals surface area contributed by atoms with E-state index in [-0.39, 0.29) is 0 Å². The summed E-state index contributed by atoms with van der Waals surface area (Å²) in [4.78, 5) is 9.98. The van der Waals surface area contributed by atoms with Gasteiger partial charge in [0.1, 0.15) is 24.0 Å². The molecule has 2 N–H and O–H groups in total. The smallest absolute Gasteiger partial charge is 0.267 e. The molecule has 0 saturated heterocycles. The Hall–Kier alpha value is -3.29. The van der Waals surface area contributed by atoms with Gasteiger partial charge in [0.15, 0.2) is 0 Å². The Bertz CT molecular complexity index is 1220. The van der Waals surface area contributed by atoms with Gasteiger partial charge in [0.25, 0.3) is 6.29 Å². The van der Waals surface area contributed by atoms with Gasteiger partial charge in [-0.2, -0.15) is 0 Å². The number of ether oxygens (including phenoxy) is 3. The lowest BCUT2D eigenvalue weighted by atomic mass is 10.2. The van der Waals surface area contributed by atoms with Crippen LogP contribution in [0.4, 0.5) is 5.69 Å².